The maximum Gasteiger partial charge on any atom is 0.0469 e. The van der Waals surface area contributed by atoms with Crippen LogP contribution in [0.1, 0.15) is 39.0 Å². The maximum absolute atomic E-state index is 5.42. The number of rotatable bonds is 3. The molecule has 94 valence electrons. The Morgan fingerprint density at radius 1 is 1.12 bits per heavy atom. The van der Waals surface area contributed by atoms with E-state index >= 15 is 0 Å². The van der Waals surface area contributed by atoms with E-state index in [0.29, 0.717) is 6.04 Å². The summed E-state index contributed by atoms with van der Waals surface area (Å²) in [6, 6.07) is 1.39. The van der Waals surface area contributed by atoms with E-state index in [4.69, 9.17) is 4.74 Å². The first kappa shape index (κ1) is 12.3. The third-order valence-electron chi connectivity index (χ3n) is 4.05. The minimum atomic E-state index is 0.659. The molecule has 0 radical (unpaired) electrons. The molecule has 2 N–H and O–H groups in total. The van der Waals surface area contributed by atoms with Crippen molar-refractivity contribution in [3.8, 4) is 0 Å². The van der Waals surface area contributed by atoms with Crippen LogP contribution in [0.4, 0.5) is 0 Å². The van der Waals surface area contributed by atoms with E-state index in [2.05, 4.69) is 17.6 Å². The molecular formula is C13H26N2O. The Bertz CT molecular complexity index is 184. The molecule has 0 spiro atoms. The number of hydrogen-bond donors (Lipinski definition) is 2. The lowest BCUT2D eigenvalue weighted by Crippen LogP contribution is -2.43. The second kappa shape index (κ2) is 6.58. The average Bonchev–Trinajstić information content (AvgIpc) is 2.59. The van der Waals surface area contributed by atoms with Crippen molar-refractivity contribution in [3.63, 3.8) is 0 Å². The lowest BCUT2D eigenvalue weighted by Gasteiger charge is -2.31. The smallest absolute Gasteiger partial charge is 0.0469 e. The van der Waals surface area contributed by atoms with Gasteiger partial charge in [-0.05, 0) is 58.0 Å². The summed E-state index contributed by atoms with van der Waals surface area (Å²) in [5, 5.41) is 7.30. The van der Waals surface area contributed by atoms with Crippen molar-refractivity contribution < 1.29 is 4.74 Å². The van der Waals surface area contributed by atoms with Gasteiger partial charge in [-0.1, -0.05) is 0 Å². The fourth-order valence-corrected chi connectivity index (χ4v) is 2.91. The van der Waals surface area contributed by atoms with Crippen LogP contribution in [0.3, 0.4) is 0 Å². The van der Waals surface area contributed by atoms with E-state index in [0.717, 1.165) is 25.2 Å². The van der Waals surface area contributed by atoms with Crippen LogP contribution < -0.4 is 10.6 Å². The van der Waals surface area contributed by atoms with Crippen LogP contribution in [0.5, 0.6) is 0 Å². The summed E-state index contributed by atoms with van der Waals surface area (Å²) in [5.74, 6) is 0.824. The van der Waals surface area contributed by atoms with Crippen molar-refractivity contribution in [2.45, 2.75) is 51.1 Å². The van der Waals surface area contributed by atoms with Crippen molar-refractivity contribution in [1.82, 2.24) is 10.6 Å². The van der Waals surface area contributed by atoms with Gasteiger partial charge in [0.2, 0.25) is 0 Å². The van der Waals surface area contributed by atoms with Gasteiger partial charge in [0.1, 0.15) is 0 Å². The van der Waals surface area contributed by atoms with E-state index in [1.54, 1.807) is 0 Å². The molecule has 3 nitrogen and oxygen atoms in total. The first-order valence-electron chi connectivity index (χ1n) is 6.91. The summed E-state index contributed by atoms with van der Waals surface area (Å²) in [6.45, 7) is 6.65. The van der Waals surface area contributed by atoms with Crippen molar-refractivity contribution in [1.29, 1.82) is 0 Å². The van der Waals surface area contributed by atoms with Crippen LogP contribution in [-0.2, 0) is 4.74 Å². The summed E-state index contributed by atoms with van der Waals surface area (Å²) >= 11 is 0. The zero-order valence-electron chi connectivity index (χ0n) is 10.5. The molecule has 0 saturated carbocycles. The van der Waals surface area contributed by atoms with Crippen molar-refractivity contribution in [2.24, 2.45) is 5.92 Å². The molecule has 0 aliphatic carbocycles. The van der Waals surface area contributed by atoms with Crippen LogP contribution >= 0.6 is 0 Å². The summed E-state index contributed by atoms with van der Waals surface area (Å²) in [4.78, 5) is 0. The Labute approximate surface area is 99.3 Å². The predicted octanol–water partition coefficient (Wildman–Crippen LogP) is 1.53. The van der Waals surface area contributed by atoms with Gasteiger partial charge >= 0.3 is 0 Å². The Kier molecular flexibility index (Phi) is 5.07. The minimum Gasteiger partial charge on any atom is -0.381 e. The SMILES string of the molecule is CC(NC1CCCNCC1)C1CCOCC1. The largest absolute Gasteiger partial charge is 0.381 e. The zero-order chi connectivity index (χ0) is 11.2. The van der Waals surface area contributed by atoms with E-state index in [9.17, 15) is 0 Å². The van der Waals surface area contributed by atoms with E-state index in [1.807, 2.05) is 0 Å². The lowest BCUT2D eigenvalue weighted by atomic mass is 9.92. The topological polar surface area (TPSA) is 33.3 Å². The molecule has 0 bridgehead atoms. The molecule has 2 saturated heterocycles. The molecule has 0 aromatic heterocycles. The van der Waals surface area contributed by atoms with E-state index in [-0.39, 0.29) is 0 Å². The molecule has 2 atom stereocenters. The lowest BCUT2D eigenvalue weighted by molar-refractivity contribution is 0.0541. The quantitative estimate of drug-likeness (QED) is 0.766. The van der Waals surface area contributed by atoms with Gasteiger partial charge in [0.15, 0.2) is 0 Å². The summed E-state index contributed by atoms with van der Waals surface area (Å²) < 4.78 is 5.42. The van der Waals surface area contributed by atoms with Crippen molar-refractivity contribution >= 4 is 0 Å². The van der Waals surface area contributed by atoms with Crippen LogP contribution in [-0.4, -0.2) is 38.4 Å². The molecule has 2 aliphatic heterocycles. The molecule has 3 heteroatoms. The molecule has 16 heavy (non-hydrogen) atoms. The Balaban J connectivity index is 1.73. The molecule has 0 aromatic rings. The van der Waals surface area contributed by atoms with Gasteiger partial charge in [0, 0.05) is 25.3 Å². The second-order valence-corrected chi connectivity index (χ2v) is 5.28. The second-order valence-electron chi connectivity index (χ2n) is 5.28. The van der Waals surface area contributed by atoms with Crippen molar-refractivity contribution in [3.05, 3.63) is 0 Å². The highest BCUT2D eigenvalue weighted by Crippen LogP contribution is 2.20. The number of nitrogens with one attached hydrogen (secondary N) is 2. The van der Waals surface area contributed by atoms with Gasteiger partial charge in [0.25, 0.3) is 0 Å². The molecule has 0 amide bonds. The average molecular weight is 226 g/mol. The van der Waals surface area contributed by atoms with E-state index in [1.165, 1.54) is 45.2 Å². The Hall–Kier alpha value is -0.120. The van der Waals surface area contributed by atoms with Crippen LogP contribution in [0.2, 0.25) is 0 Å². The Morgan fingerprint density at radius 3 is 2.75 bits per heavy atom. The van der Waals surface area contributed by atoms with Gasteiger partial charge < -0.3 is 15.4 Å². The van der Waals surface area contributed by atoms with Crippen LogP contribution in [0.15, 0.2) is 0 Å². The summed E-state index contributed by atoms with van der Waals surface area (Å²) in [5.41, 5.74) is 0. The van der Waals surface area contributed by atoms with Gasteiger partial charge in [-0.3, -0.25) is 0 Å². The molecule has 2 rings (SSSR count). The summed E-state index contributed by atoms with van der Waals surface area (Å²) in [7, 11) is 0. The highest BCUT2D eigenvalue weighted by atomic mass is 16.5. The maximum atomic E-state index is 5.42. The van der Waals surface area contributed by atoms with Crippen LogP contribution in [0.25, 0.3) is 0 Å². The molecule has 0 aromatic carbocycles. The highest BCUT2D eigenvalue weighted by Gasteiger charge is 2.22. The molecular weight excluding hydrogens is 200 g/mol. The van der Waals surface area contributed by atoms with Gasteiger partial charge in [0.05, 0.1) is 0 Å². The fourth-order valence-electron chi connectivity index (χ4n) is 2.91. The molecule has 2 unspecified atom stereocenters. The zero-order valence-corrected chi connectivity index (χ0v) is 10.5. The normalized spacial score (nSPS) is 30.9. The van der Waals surface area contributed by atoms with Crippen LogP contribution in [0, 0.1) is 5.92 Å². The van der Waals surface area contributed by atoms with Gasteiger partial charge in [-0.25, -0.2) is 0 Å². The van der Waals surface area contributed by atoms with Gasteiger partial charge in [-0.2, -0.15) is 0 Å². The third kappa shape index (κ3) is 3.72. The first-order valence-corrected chi connectivity index (χ1v) is 6.91. The summed E-state index contributed by atoms with van der Waals surface area (Å²) in [6.07, 6.45) is 6.41. The highest BCUT2D eigenvalue weighted by molar-refractivity contribution is 4.80. The van der Waals surface area contributed by atoms with E-state index < -0.39 is 0 Å². The van der Waals surface area contributed by atoms with Gasteiger partial charge in [-0.15, -0.1) is 0 Å². The fraction of sp³-hybridized carbons (Fsp3) is 1.00. The first-order chi connectivity index (χ1) is 7.86. The standard InChI is InChI=1S/C13H26N2O/c1-11(12-5-9-16-10-6-12)15-13-3-2-7-14-8-4-13/h11-15H,2-10H2,1H3. The number of ether oxygens (including phenoxy) is 1. The monoisotopic (exact) mass is 226 g/mol. The molecule has 2 aliphatic rings. The van der Waals surface area contributed by atoms with Crippen molar-refractivity contribution in [2.75, 3.05) is 26.3 Å². The molecule has 2 heterocycles. The predicted molar refractivity (Wildman–Crippen MR) is 66.6 cm³/mol. The third-order valence-corrected chi connectivity index (χ3v) is 4.05. The number of hydrogen-bond acceptors (Lipinski definition) is 3. The Morgan fingerprint density at radius 2 is 1.94 bits per heavy atom. The molecule has 2 fully saturated rings. The minimum absolute atomic E-state index is 0.659.